The van der Waals surface area contributed by atoms with E-state index in [4.69, 9.17) is 0 Å². The molecule has 0 bridgehead atoms. The Morgan fingerprint density at radius 1 is 1.24 bits per heavy atom. The predicted molar refractivity (Wildman–Crippen MR) is 91.3 cm³/mol. The van der Waals surface area contributed by atoms with E-state index in [0.717, 1.165) is 36.5 Å². The van der Waals surface area contributed by atoms with E-state index >= 15 is 0 Å². The molecule has 1 aliphatic rings. The van der Waals surface area contributed by atoms with Gasteiger partial charge in [-0.2, -0.15) is 0 Å². The van der Waals surface area contributed by atoms with Crippen molar-refractivity contribution in [3.63, 3.8) is 0 Å². The molecule has 1 aromatic carbocycles. The van der Waals surface area contributed by atoms with Gasteiger partial charge in [0.1, 0.15) is 0 Å². The lowest BCUT2D eigenvalue weighted by Crippen LogP contribution is -2.39. The molecule has 3 atom stereocenters. The number of nitrogens with one attached hydrogen (secondary N) is 1. The lowest BCUT2D eigenvalue weighted by Gasteiger charge is -2.24. The zero-order chi connectivity index (χ0) is 15.2. The molecule has 21 heavy (non-hydrogen) atoms. The molecule has 1 N–H and O–H groups in total. The van der Waals surface area contributed by atoms with E-state index in [0.29, 0.717) is 12.0 Å². The Morgan fingerprint density at radius 3 is 2.71 bits per heavy atom. The first-order valence-electron chi connectivity index (χ1n) is 8.39. The second kappa shape index (κ2) is 8.09. The van der Waals surface area contributed by atoms with E-state index in [9.17, 15) is 4.21 Å². The molecular weight excluding hydrogens is 278 g/mol. The van der Waals surface area contributed by atoms with Crippen molar-refractivity contribution in [2.75, 3.05) is 12.3 Å². The summed E-state index contributed by atoms with van der Waals surface area (Å²) in [6, 6.07) is 6.80. The minimum absolute atomic E-state index is 0.351. The van der Waals surface area contributed by atoms with Gasteiger partial charge in [0, 0.05) is 16.7 Å². The zero-order valence-corrected chi connectivity index (χ0v) is 14.5. The topological polar surface area (TPSA) is 29.1 Å². The smallest absolute Gasteiger partial charge is 0.0545 e. The van der Waals surface area contributed by atoms with Crippen LogP contribution in [-0.2, 0) is 23.6 Å². The molecule has 3 heteroatoms. The van der Waals surface area contributed by atoms with Crippen LogP contribution in [0.15, 0.2) is 23.1 Å². The third-order valence-corrected chi connectivity index (χ3v) is 6.09. The number of aryl methyl sites for hydroxylation is 2. The molecule has 2 nitrogen and oxygen atoms in total. The third-order valence-electron chi connectivity index (χ3n) is 4.65. The average Bonchev–Trinajstić information content (AvgIpc) is 2.97. The van der Waals surface area contributed by atoms with Crippen molar-refractivity contribution in [1.29, 1.82) is 0 Å². The predicted octanol–water partition coefficient (Wildman–Crippen LogP) is 3.70. The molecule has 0 aliphatic heterocycles. The van der Waals surface area contributed by atoms with Crippen LogP contribution in [0.1, 0.15) is 51.2 Å². The van der Waals surface area contributed by atoms with E-state index in [1.165, 1.54) is 24.0 Å². The van der Waals surface area contributed by atoms with E-state index in [1.54, 1.807) is 0 Å². The Hall–Kier alpha value is -0.670. The van der Waals surface area contributed by atoms with Crippen LogP contribution in [0, 0.1) is 5.92 Å². The average molecular weight is 308 g/mol. The minimum Gasteiger partial charge on any atom is -0.313 e. The molecule has 0 saturated carbocycles. The molecule has 1 aromatic rings. The monoisotopic (exact) mass is 307 g/mol. The summed E-state index contributed by atoms with van der Waals surface area (Å²) < 4.78 is 12.7. The standard InChI is InChI=1S/C18H29NOS/c1-4-11-19-18(14(3)5-2)13-21(20)17-10-9-15-7-6-8-16(15)12-17/h9-10,12,14,18-19H,4-8,11,13H2,1-3H3. The van der Waals surface area contributed by atoms with Gasteiger partial charge >= 0.3 is 0 Å². The summed E-state index contributed by atoms with van der Waals surface area (Å²) in [5, 5.41) is 3.58. The Morgan fingerprint density at radius 2 is 2.00 bits per heavy atom. The van der Waals surface area contributed by atoms with E-state index < -0.39 is 10.8 Å². The van der Waals surface area contributed by atoms with Gasteiger partial charge in [-0.15, -0.1) is 0 Å². The number of hydrogen-bond acceptors (Lipinski definition) is 2. The highest BCUT2D eigenvalue weighted by molar-refractivity contribution is 7.85. The Kier molecular flexibility index (Phi) is 6.43. The van der Waals surface area contributed by atoms with Crippen molar-refractivity contribution < 1.29 is 4.21 Å². The highest BCUT2D eigenvalue weighted by Gasteiger charge is 2.20. The molecule has 0 amide bonds. The van der Waals surface area contributed by atoms with Crippen LogP contribution in [0.4, 0.5) is 0 Å². The van der Waals surface area contributed by atoms with Crippen LogP contribution in [0.3, 0.4) is 0 Å². The maximum atomic E-state index is 12.7. The number of fused-ring (bicyclic) bond motifs is 1. The minimum atomic E-state index is -0.894. The quantitative estimate of drug-likeness (QED) is 0.793. The van der Waals surface area contributed by atoms with Gasteiger partial charge in [-0.25, -0.2) is 0 Å². The highest BCUT2D eigenvalue weighted by Crippen LogP contribution is 2.24. The highest BCUT2D eigenvalue weighted by atomic mass is 32.2. The van der Waals surface area contributed by atoms with Gasteiger partial charge in [0.05, 0.1) is 10.8 Å². The molecule has 1 aliphatic carbocycles. The van der Waals surface area contributed by atoms with Gasteiger partial charge in [-0.3, -0.25) is 4.21 Å². The SMILES string of the molecule is CCCNC(CS(=O)c1ccc2c(c1)CCC2)C(C)CC. The van der Waals surface area contributed by atoms with Crippen LogP contribution in [-0.4, -0.2) is 22.5 Å². The molecule has 0 saturated heterocycles. The zero-order valence-electron chi connectivity index (χ0n) is 13.7. The molecule has 0 radical (unpaired) electrons. The Bertz CT molecular complexity index is 486. The van der Waals surface area contributed by atoms with Gasteiger partial charge in [0.25, 0.3) is 0 Å². The van der Waals surface area contributed by atoms with Gasteiger partial charge in [0.2, 0.25) is 0 Å². The van der Waals surface area contributed by atoms with Crippen molar-refractivity contribution in [2.45, 2.75) is 63.8 Å². The molecule has 0 aromatic heterocycles. The first-order valence-corrected chi connectivity index (χ1v) is 9.71. The van der Waals surface area contributed by atoms with Crippen molar-refractivity contribution in [3.8, 4) is 0 Å². The van der Waals surface area contributed by atoms with Crippen LogP contribution < -0.4 is 5.32 Å². The van der Waals surface area contributed by atoms with Gasteiger partial charge in [0.15, 0.2) is 0 Å². The first kappa shape index (κ1) is 16.7. The van der Waals surface area contributed by atoms with Crippen LogP contribution in [0.2, 0.25) is 0 Å². The van der Waals surface area contributed by atoms with Crippen molar-refractivity contribution in [2.24, 2.45) is 5.92 Å². The fraction of sp³-hybridized carbons (Fsp3) is 0.667. The van der Waals surface area contributed by atoms with Gasteiger partial charge in [-0.05, 0) is 61.4 Å². The summed E-state index contributed by atoms with van der Waals surface area (Å²) >= 11 is 0. The molecule has 0 heterocycles. The van der Waals surface area contributed by atoms with Crippen LogP contribution in [0.25, 0.3) is 0 Å². The molecule has 3 unspecified atom stereocenters. The largest absolute Gasteiger partial charge is 0.313 e. The first-order chi connectivity index (χ1) is 10.2. The maximum Gasteiger partial charge on any atom is 0.0545 e. The molecule has 2 rings (SSSR count). The lowest BCUT2D eigenvalue weighted by molar-refractivity contribution is 0.394. The van der Waals surface area contributed by atoms with E-state index in [1.807, 2.05) is 0 Å². The van der Waals surface area contributed by atoms with E-state index in [2.05, 4.69) is 44.3 Å². The summed E-state index contributed by atoms with van der Waals surface area (Å²) in [5.74, 6) is 1.29. The Balaban J connectivity index is 2.04. The normalized spacial score (nSPS) is 18.2. The Labute approximate surface area is 132 Å². The molecular formula is C18H29NOS. The molecule has 0 spiro atoms. The van der Waals surface area contributed by atoms with Crippen LogP contribution >= 0.6 is 0 Å². The molecule has 0 fully saturated rings. The molecule has 118 valence electrons. The summed E-state index contributed by atoms with van der Waals surface area (Å²) in [6.45, 7) is 7.66. The third kappa shape index (κ3) is 4.40. The summed E-state index contributed by atoms with van der Waals surface area (Å²) in [5.41, 5.74) is 2.88. The lowest BCUT2D eigenvalue weighted by atomic mass is 10.0. The van der Waals surface area contributed by atoms with E-state index in [-0.39, 0.29) is 0 Å². The van der Waals surface area contributed by atoms with Crippen LogP contribution in [0.5, 0.6) is 0 Å². The van der Waals surface area contributed by atoms with Gasteiger partial charge < -0.3 is 5.32 Å². The number of rotatable bonds is 8. The van der Waals surface area contributed by atoms with Crippen molar-refractivity contribution in [3.05, 3.63) is 29.3 Å². The van der Waals surface area contributed by atoms with Crippen molar-refractivity contribution >= 4 is 10.8 Å². The number of hydrogen-bond donors (Lipinski definition) is 1. The fourth-order valence-electron chi connectivity index (χ4n) is 2.99. The summed E-state index contributed by atoms with van der Waals surface area (Å²) in [7, 11) is -0.894. The second-order valence-corrected chi connectivity index (χ2v) is 7.74. The fourth-order valence-corrected chi connectivity index (χ4v) is 4.45. The summed E-state index contributed by atoms with van der Waals surface area (Å²) in [6.07, 6.45) is 5.85. The second-order valence-electron chi connectivity index (χ2n) is 6.24. The maximum absolute atomic E-state index is 12.7. The van der Waals surface area contributed by atoms with Crippen molar-refractivity contribution in [1.82, 2.24) is 5.32 Å². The number of benzene rings is 1. The van der Waals surface area contributed by atoms with Gasteiger partial charge in [-0.1, -0.05) is 33.3 Å². The summed E-state index contributed by atoms with van der Waals surface area (Å²) in [4.78, 5) is 1.02.